The van der Waals surface area contributed by atoms with E-state index in [1.807, 2.05) is 0 Å². The van der Waals surface area contributed by atoms with Gasteiger partial charge in [-0.2, -0.15) is 0 Å². The number of hydrogen-bond donors (Lipinski definition) is 2. The summed E-state index contributed by atoms with van der Waals surface area (Å²) in [5.74, 6) is -0.0285. The molecule has 0 radical (unpaired) electrons. The van der Waals surface area contributed by atoms with Crippen molar-refractivity contribution in [2.75, 3.05) is 17.6 Å². The Bertz CT molecular complexity index is 462. The number of carboxylic acid groups (broad SMARTS) is 1. The van der Waals surface area contributed by atoms with Crippen LogP contribution in [-0.2, 0) is 0 Å². The molecule has 1 aromatic carbocycles. The molecule has 2 N–H and O–H groups in total. The molecule has 4 nitrogen and oxygen atoms in total. The molecule has 1 heterocycles. The number of anilines is 1. The predicted octanol–water partition coefficient (Wildman–Crippen LogP) is 2.55. The molecular weight excluding hydrogens is 248 g/mol. The van der Waals surface area contributed by atoms with Gasteiger partial charge in [-0.05, 0) is 18.2 Å². The third-order valence-corrected chi connectivity index (χ3v) is 3.26. The molecule has 0 fully saturated rings. The highest BCUT2D eigenvalue weighted by Gasteiger charge is 2.11. The van der Waals surface area contributed by atoms with Crippen LogP contribution in [0.25, 0.3) is 0 Å². The van der Waals surface area contributed by atoms with E-state index >= 15 is 0 Å². The summed E-state index contributed by atoms with van der Waals surface area (Å²) in [6.45, 7) is 0.781. The molecule has 1 aliphatic rings. The SMILES string of the molecule is O=C(O)c1ccc(Cl)c(NC2=NCCS2)c1. The van der Waals surface area contributed by atoms with Gasteiger partial charge in [0.05, 0.1) is 22.8 Å². The summed E-state index contributed by atoms with van der Waals surface area (Å²) in [5.41, 5.74) is 0.783. The number of hydrogen-bond acceptors (Lipinski definition) is 4. The van der Waals surface area contributed by atoms with Crippen molar-refractivity contribution in [2.45, 2.75) is 0 Å². The summed E-state index contributed by atoms with van der Waals surface area (Å²) in [4.78, 5) is 15.0. The zero-order valence-corrected chi connectivity index (χ0v) is 9.81. The highest BCUT2D eigenvalue weighted by molar-refractivity contribution is 8.14. The lowest BCUT2D eigenvalue weighted by atomic mass is 10.2. The maximum Gasteiger partial charge on any atom is 0.335 e. The van der Waals surface area contributed by atoms with Crippen LogP contribution in [0.15, 0.2) is 23.2 Å². The fraction of sp³-hybridized carbons (Fsp3) is 0.200. The van der Waals surface area contributed by atoms with Crippen LogP contribution in [0.2, 0.25) is 5.02 Å². The summed E-state index contributed by atoms with van der Waals surface area (Å²) in [7, 11) is 0. The van der Waals surface area contributed by atoms with Gasteiger partial charge in [-0.15, -0.1) is 0 Å². The molecule has 0 saturated heterocycles. The lowest BCUT2D eigenvalue weighted by Gasteiger charge is -2.07. The second-order valence-corrected chi connectivity index (χ2v) is 4.65. The Hall–Kier alpha value is -1.20. The van der Waals surface area contributed by atoms with Gasteiger partial charge in [0.1, 0.15) is 0 Å². The summed E-state index contributed by atoms with van der Waals surface area (Å²) >= 11 is 7.55. The van der Waals surface area contributed by atoms with Crippen molar-refractivity contribution in [3.8, 4) is 0 Å². The summed E-state index contributed by atoms with van der Waals surface area (Å²) < 4.78 is 0. The van der Waals surface area contributed by atoms with Crippen LogP contribution in [0.4, 0.5) is 5.69 Å². The van der Waals surface area contributed by atoms with Gasteiger partial charge in [0.15, 0.2) is 5.17 Å². The maximum absolute atomic E-state index is 10.8. The molecular formula is C10H9ClN2O2S. The van der Waals surface area contributed by atoms with E-state index in [1.54, 1.807) is 17.8 Å². The third-order valence-electron chi connectivity index (χ3n) is 2.04. The topological polar surface area (TPSA) is 61.7 Å². The minimum Gasteiger partial charge on any atom is -0.478 e. The molecule has 0 spiro atoms. The highest BCUT2D eigenvalue weighted by Crippen LogP contribution is 2.25. The molecule has 84 valence electrons. The Morgan fingerprint density at radius 1 is 1.56 bits per heavy atom. The van der Waals surface area contributed by atoms with Gasteiger partial charge in [-0.1, -0.05) is 23.4 Å². The summed E-state index contributed by atoms with van der Waals surface area (Å²) in [5, 5.41) is 13.1. The normalized spacial score (nSPS) is 14.7. The summed E-state index contributed by atoms with van der Waals surface area (Å²) in [6.07, 6.45) is 0. The molecule has 1 aromatic rings. The second kappa shape index (κ2) is 4.76. The molecule has 0 atom stereocenters. The largest absolute Gasteiger partial charge is 0.478 e. The first kappa shape index (κ1) is 11.3. The van der Waals surface area contributed by atoms with E-state index in [9.17, 15) is 4.79 Å². The average Bonchev–Trinajstić information content (AvgIpc) is 2.73. The molecule has 0 aromatic heterocycles. The number of aromatic carboxylic acids is 1. The van der Waals surface area contributed by atoms with Gasteiger partial charge in [0, 0.05) is 5.75 Å². The molecule has 0 bridgehead atoms. The van der Waals surface area contributed by atoms with Crippen molar-refractivity contribution >= 4 is 40.2 Å². The average molecular weight is 257 g/mol. The number of halogens is 1. The number of carbonyl (C=O) groups is 1. The molecule has 0 aliphatic carbocycles. The fourth-order valence-electron chi connectivity index (χ4n) is 1.28. The quantitative estimate of drug-likeness (QED) is 0.854. The van der Waals surface area contributed by atoms with Gasteiger partial charge in [0.25, 0.3) is 0 Å². The van der Waals surface area contributed by atoms with Gasteiger partial charge < -0.3 is 10.4 Å². The Morgan fingerprint density at radius 2 is 2.38 bits per heavy atom. The highest BCUT2D eigenvalue weighted by atomic mass is 35.5. The lowest BCUT2D eigenvalue weighted by Crippen LogP contribution is -2.06. The van der Waals surface area contributed by atoms with Crippen molar-refractivity contribution in [1.82, 2.24) is 0 Å². The van der Waals surface area contributed by atoms with Crippen LogP contribution in [0, 0.1) is 0 Å². The number of thioether (sulfide) groups is 1. The number of benzene rings is 1. The Balaban J connectivity index is 2.24. The number of rotatable bonds is 2. The fourth-order valence-corrected chi connectivity index (χ4v) is 2.19. The van der Waals surface area contributed by atoms with E-state index in [1.165, 1.54) is 12.1 Å². The first-order chi connectivity index (χ1) is 7.66. The number of carboxylic acids is 1. The van der Waals surface area contributed by atoms with Crippen LogP contribution in [0.3, 0.4) is 0 Å². The number of aliphatic imine (C=N–C) groups is 1. The zero-order chi connectivity index (χ0) is 11.5. The molecule has 1 aliphatic heterocycles. The van der Waals surface area contributed by atoms with Crippen molar-refractivity contribution in [3.63, 3.8) is 0 Å². The van der Waals surface area contributed by atoms with E-state index in [2.05, 4.69) is 10.3 Å². The lowest BCUT2D eigenvalue weighted by molar-refractivity contribution is 0.0697. The van der Waals surface area contributed by atoms with Crippen LogP contribution >= 0.6 is 23.4 Å². The predicted molar refractivity (Wildman–Crippen MR) is 66.8 cm³/mol. The van der Waals surface area contributed by atoms with Gasteiger partial charge in [0.2, 0.25) is 0 Å². The van der Waals surface area contributed by atoms with Crippen molar-refractivity contribution in [2.24, 2.45) is 4.99 Å². The van der Waals surface area contributed by atoms with E-state index in [0.29, 0.717) is 10.7 Å². The number of nitrogens with zero attached hydrogens (tertiary/aromatic N) is 1. The van der Waals surface area contributed by atoms with E-state index in [4.69, 9.17) is 16.7 Å². The van der Waals surface area contributed by atoms with E-state index < -0.39 is 5.97 Å². The van der Waals surface area contributed by atoms with Crippen LogP contribution < -0.4 is 5.32 Å². The van der Waals surface area contributed by atoms with E-state index in [-0.39, 0.29) is 5.56 Å². The number of amidine groups is 1. The molecule has 16 heavy (non-hydrogen) atoms. The smallest absolute Gasteiger partial charge is 0.335 e. The van der Waals surface area contributed by atoms with Gasteiger partial charge in [-0.3, -0.25) is 4.99 Å². The second-order valence-electron chi connectivity index (χ2n) is 3.16. The first-order valence-electron chi connectivity index (χ1n) is 4.64. The summed E-state index contributed by atoms with van der Waals surface area (Å²) in [6, 6.07) is 4.54. The van der Waals surface area contributed by atoms with E-state index in [0.717, 1.165) is 17.5 Å². The minimum atomic E-state index is -0.972. The molecule has 0 unspecified atom stereocenters. The van der Waals surface area contributed by atoms with Gasteiger partial charge >= 0.3 is 5.97 Å². The van der Waals surface area contributed by atoms with Crippen LogP contribution in [0.1, 0.15) is 10.4 Å². The van der Waals surface area contributed by atoms with Crippen molar-refractivity contribution in [1.29, 1.82) is 0 Å². The Kier molecular flexibility index (Phi) is 3.36. The van der Waals surface area contributed by atoms with Crippen molar-refractivity contribution < 1.29 is 9.90 Å². The van der Waals surface area contributed by atoms with Crippen LogP contribution in [0.5, 0.6) is 0 Å². The molecule has 2 rings (SSSR count). The Labute approximate surface area is 102 Å². The van der Waals surface area contributed by atoms with Crippen LogP contribution in [-0.4, -0.2) is 28.5 Å². The zero-order valence-electron chi connectivity index (χ0n) is 8.24. The number of nitrogens with one attached hydrogen (secondary N) is 1. The first-order valence-corrected chi connectivity index (χ1v) is 6.00. The monoisotopic (exact) mass is 256 g/mol. The third kappa shape index (κ3) is 2.48. The molecule has 6 heteroatoms. The molecule has 0 saturated carbocycles. The minimum absolute atomic E-state index is 0.204. The van der Waals surface area contributed by atoms with Gasteiger partial charge in [-0.25, -0.2) is 4.79 Å². The molecule has 0 amide bonds. The Morgan fingerprint density at radius 3 is 3.00 bits per heavy atom. The maximum atomic E-state index is 10.8. The standard InChI is InChI=1S/C10H9ClN2O2S/c11-7-2-1-6(9(14)15)5-8(7)13-10-12-3-4-16-10/h1-2,5H,3-4H2,(H,12,13)(H,14,15). The van der Waals surface area contributed by atoms with Crippen molar-refractivity contribution in [3.05, 3.63) is 28.8 Å².